The maximum Gasteiger partial charge on any atom is 0.0642 e. The van der Waals surface area contributed by atoms with Gasteiger partial charge < -0.3 is 15.0 Å². The number of benzene rings is 2. The summed E-state index contributed by atoms with van der Waals surface area (Å²) in [7, 11) is 1.73. The average Bonchev–Trinajstić information content (AvgIpc) is 2.79. The van der Waals surface area contributed by atoms with Crippen LogP contribution in [0.2, 0.25) is 0 Å². The SMILES string of the molecule is CC.COCCn1c2ccc(N)cc2c2ccc(C)cc21. The fraction of sp³-hybridized carbons (Fsp3) is 0.333. The summed E-state index contributed by atoms with van der Waals surface area (Å²) in [6, 6.07) is 12.6. The highest BCUT2D eigenvalue weighted by Gasteiger charge is 2.10. The van der Waals surface area contributed by atoms with E-state index in [1.807, 2.05) is 19.9 Å². The second kappa shape index (κ2) is 6.64. The number of aryl methyl sites for hydroxylation is 1. The van der Waals surface area contributed by atoms with Gasteiger partial charge >= 0.3 is 0 Å². The molecule has 2 aromatic carbocycles. The van der Waals surface area contributed by atoms with Crippen LogP contribution < -0.4 is 5.73 Å². The van der Waals surface area contributed by atoms with E-state index in [0.29, 0.717) is 6.61 Å². The van der Waals surface area contributed by atoms with Crippen molar-refractivity contribution in [3.63, 3.8) is 0 Å². The molecule has 0 radical (unpaired) electrons. The predicted octanol–water partition coefficient (Wildman–Crippen LogP) is 4.36. The number of hydrogen-bond acceptors (Lipinski definition) is 2. The summed E-state index contributed by atoms with van der Waals surface area (Å²) in [6.07, 6.45) is 0. The van der Waals surface area contributed by atoms with E-state index in [1.165, 1.54) is 27.4 Å². The van der Waals surface area contributed by atoms with Gasteiger partial charge in [-0.05, 0) is 36.8 Å². The molecule has 3 rings (SSSR count). The molecule has 0 unspecified atom stereocenters. The van der Waals surface area contributed by atoms with Crippen LogP contribution in [-0.2, 0) is 11.3 Å². The molecule has 1 aromatic heterocycles. The molecule has 0 amide bonds. The van der Waals surface area contributed by atoms with Gasteiger partial charge in [-0.2, -0.15) is 0 Å². The molecule has 0 aliphatic carbocycles. The Labute approximate surface area is 126 Å². The van der Waals surface area contributed by atoms with Crippen LogP contribution in [0.25, 0.3) is 21.8 Å². The Morgan fingerprint density at radius 3 is 2.48 bits per heavy atom. The van der Waals surface area contributed by atoms with Crippen molar-refractivity contribution in [2.45, 2.75) is 27.3 Å². The fourth-order valence-electron chi connectivity index (χ4n) is 2.65. The Balaban J connectivity index is 0.000000774. The molecule has 112 valence electrons. The number of nitrogens with two attached hydrogens (primary N) is 1. The van der Waals surface area contributed by atoms with Gasteiger partial charge in [0.15, 0.2) is 0 Å². The van der Waals surface area contributed by atoms with Crippen molar-refractivity contribution in [2.75, 3.05) is 19.5 Å². The average molecular weight is 284 g/mol. The van der Waals surface area contributed by atoms with Crippen LogP contribution in [-0.4, -0.2) is 18.3 Å². The Morgan fingerprint density at radius 2 is 1.76 bits per heavy atom. The normalized spacial score (nSPS) is 10.7. The van der Waals surface area contributed by atoms with Gasteiger partial charge in [-0.15, -0.1) is 0 Å². The third-order valence-electron chi connectivity index (χ3n) is 3.56. The van der Waals surface area contributed by atoms with Crippen molar-refractivity contribution in [1.82, 2.24) is 4.57 Å². The first kappa shape index (κ1) is 15.4. The number of nitrogen functional groups attached to an aromatic ring is 1. The summed E-state index contributed by atoms with van der Waals surface area (Å²) in [5.41, 5.74) is 10.5. The molecule has 0 bridgehead atoms. The van der Waals surface area contributed by atoms with E-state index in [9.17, 15) is 0 Å². The minimum absolute atomic E-state index is 0.706. The zero-order valence-electron chi connectivity index (χ0n) is 13.3. The molecule has 2 N–H and O–H groups in total. The lowest BCUT2D eigenvalue weighted by Gasteiger charge is -2.07. The van der Waals surface area contributed by atoms with Gasteiger partial charge in [0, 0.05) is 41.1 Å². The number of anilines is 1. The van der Waals surface area contributed by atoms with E-state index >= 15 is 0 Å². The van der Waals surface area contributed by atoms with Crippen molar-refractivity contribution in [1.29, 1.82) is 0 Å². The number of fused-ring (bicyclic) bond motifs is 3. The largest absolute Gasteiger partial charge is 0.399 e. The first-order valence-electron chi connectivity index (χ1n) is 7.48. The number of aromatic nitrogens is 1. The van der Waals surface area contributed by atoms with Crippen LogP contribution in [0.3, 0.4) is 0 Å². The van der Waals surface area contributed by atoms with Crippen molar-refractivity contribution < 1.29 is 4.74 Å². The lowest BCUT2D eigenvalue weighted by Crippen LogP contribution is -2.03. The molecule has 0 saturated carbocycles. The Hall–Kier alpha value is -2.00. The number of methoxy groups -OCH3 is 1. The van der Waals surface area contributed by atoms with Crippen molar-refractivity contribution >= 4 is 27.5 Å². The number of ether oxygens (including phenoxy) is 1. The zero-order valence-corrected chi connectivity index (χ0v) is 13.3. The quantitative estimate of drug-likeness (QED) is 0.726. The lowest BCUT2D eigenvalue weighted by molar-refractivity contribution is 0.189. The summed E-state index contributed by atoms with van der Waals surface area (Å²) in [4.78, 5) is 0. The molecule has 0 aliphatic heterocycles. The van der Waals surface area contributed by atoms with Gasteiger partial charge in [-0.1, -0.05) is 26.0 Å². The fourth-order valence-corrected chi connectivity index (χ4v) is 2.65. The number of rotatable bonds is 3. The van der Waals surface area contributed by atoms with E-state index in [4.69, 9.17) is 10.5 Å². The smallest absolute Gasteiger partial charge is 0.0642 e. The van der Waals surface area contributed by atoms with Gasteiger partial charge in [0.2, 0.25) is 0 Å². The van der Waals surface area contributed by atoms with Gasteiger partial charge in [-0.3, -0.25) is 0 Å². The van der Waals surface area contributed by atoms with E-state index < -0.39 is 0 Å². The van der Waals surface area contributed by atoms with Crippen LogP contribution in [0.5, 0.6) is 0 Å². The van der Waals surface area contributed by atoms with Crippen LogP contribution in [0, 0.1) is 6.92 Å². The summed E-state index contributed by atoms with van der Waals surface area (Å²) in [5, 5.41) is 2.47. The highest BCUT2D eigenvalue weighted by molar-refractivity contribution is 6.09. The molecule has 3 aromatic rings. The lowest BCUT2D eigenvalue weighted by atomic mass is 10.1. The van der Waals surface area contributed by atoms with Crippen molar-refractivity contribution in [3.05, 3.63) is 42.0 Å². The standard InChI is InChI=1S/C16H18N2O.C2H6/c1-11-3-5-13-14-10-12(17)4-6-15(14)18(7-8-19-2)16(13)9-11;1-2/h3-6,9-10H,7-8,17H2,1-2H3;1-2H3. The molecular formula is C18H24N2O. The van der Waals surface area contributed by atoms with Gasteiger partial charge in [-0.25, -0.2) is 0 Å². The van der Waals surface area contributed by atoms with Crippen LogP contribution in [0.15, 0.2) is 36.4 Å². The summed E-state index contributed by atoms with van der Waals surface area (Å²) < 4.78 is 7.53. The maximum absolute atomic E-state index is 5.92. The Bertz CT molecular complexity index is 744. The van der Waals surface area contributed by atoms with E-state index in [0.717, 1.165) is 12.2 Å². The first-order chi connectivity index (χ1) is 10.2. The molecule has 21 heavy (non-hydrogen) atoms. The van der Waals surface area contributed by atoms with E-state index in [-0.39, 0.29) is 0 Å². The third kappa shape index (κ3) is 2.88. The minimum atomic E-state index is 0.706. The maximum atomic E-state index is 5.92. The van der Waals surface area contributed by atoms with E-state index in [2.05, 4.69) is 41.8 Å². The summed E-state index contributed by atoms with van der Waals surface area (Å²) >= 11 is 0. The van der Waals surface area contributed by atoms with Crippen molar-refractivity contribution in [3.8, 4) is 0 Å². The molecule has 1 heterocycles. The molecule has 0 spiro atoms. The minimum Gasteiger partial charge on any atom is -0.399 e. The Kier molecular flexibility index (Phi) is 4.86. The van der Waals surface area contributed by atoms with Gasteiger partial charge in [0.25, 0.3) is 0 Å². The van der Waals surface area contributed by atoms with Crippen LogP contribution in [0.1, 0.15) is 19.4 Å². The summed E-state index contributed by atoms with van der Waals surface area (Å²) in [6.45, 7) is 7.67. The highest BCUT2D eigenvalue weighted by Crippen LogP contribution is 2.31. The number of hydrogen-bond donors (Lipinski definition) is 1. The van der Waals surface area contributed by atoms with Gasteiger partial charge in [0.05, 0.1) is 6.61 Å². The molecule has 0 fully saturated rings. The second-order valence-corrected chi connectivity index (χ2v) is 4.94. The Morgan fingerprint density at radius 1 is 1.00 bits per heavy atom. The van der Waals surface area contributed by atoms with Crippen LogP contribution in [0.4, 0.5) is 5.69 Å². The highest BCUT2D eigenvalue weighted by atomic mass is 16.5. The molecule has 0 saturated heterocycles. The number of nitrogens with zero attached hydrogens (tertiary/aromatic N) is 1. The second-order valence-electron chi connectivity index (χ2n) is 4.94. The summed E-state index contributed by atoms with van der Waals surface area (Å²) in [5.74, 6) is 0. The zero-order chi connectivity index (χ0) is 15.4. The molecule has 0 atom stereocenters. The first-order valence-corrected chi connectivity index (χ1v) is 7.48. The van der Waals surface area contributed by atoms with Crippen molar-refractivity contribution in [2.24, 2.45) is 0 Å². The topological polar surface area (TPSA) is 40.2 Å². The van der Waals surface area contributed by atoms with Crippen LogP contribution >= 0.6 is 0 Å². The molecule has 3 nitrogen and oxygen atoms in total. The molecule has 0 aliphatic rings. The van der Waals surface area contributed by atoms with E-state index in [1.54, 1.807) is 7.11 Å². The molecule has 3 heteroatoms. The molecular weight excluding hydrogens is 260 g/mol. The monoisotopic (exact) mass is 284 g/mol. The van der Waals surface area contributed by atoms with Gasteiger partial charge in [0.1, 0.15) is 0 Å². The third-order valence-corrected chi connectivity index (χ3v) is 3.56. The predicted molar refractivity (Wildman–Crippen MR) is 91.8 cm³/mol.